The molecule has 396 valence electrons. The summed E-state index contributed by atoms with van der Waals surface area (Å²) in [7, 11) is 0. The van der Waals surface area contributed by atoms with Gasteiger partial charge in [0.2, 0.25) is 0 Å². The van der Waals surface area contributed by atoms with Crippen LogP contribution in [0.2, 0.25) is 0 Å². The number of rotatable bonds is 27. The van der Waals surface area contributed by atoms with Crippen LogP contribution >= 0.6 is 0 Å². The van der Waals surface area contributed by atoms with E-state index in [2.05, 4.69) is 0 Å². The highest BCUT2D eigenvalue weighted by atomic mass is 16.4. The second-order valence-corrected chi connectivity index (χ2v) is 19.4. The zero-order valence-corrected chi connectivity index (χ0v) is 42.3. The molecule has 0 heterocycles. The fourth-order valence-electron chi connectivity index (χ4n) is 5.46. The molecular weight excluding hydrogens is 831 g/mol. The van der Waals surface area contributed by atoms with Crippen molar-refractivity contribution in [2.24, 2.45) is 75.6 Å². The molecule has 0 bridgehead atoms. The normalized spacial score (nSPS) is 17.6. The van der Waals surface area contributed by atoms with Gasteiger partial charge in [0.1, 0.15) is 6.10 Å². The maximum Gasteiger partial charge on any atom is 0.107 e. The molecule has 0 spiro atoms. The Morgan fingerprint density at radius 2 is 0.641 bits per heavy atom. The van der Waals surface area contributed by atoms with E-state index in [0.717, 1.165) is 12.8 Å². The minimum Gasteiger partial charge on any atom is -0.395 e. The molecule has 64 heavy (non-hydrogen) atoms. The summed E-state index contributed by atoms with van der Waals surface area (Å²) < 4.78 is 0. The van der Waals surface area contributed by atoms with Gasteiger partial charge in [0.05, 0.1) is 73.7 Å². The minimum absolute atomic E-state index is 0.0314. The van der Waals surface area contributed by atoms with Crippen LogP contribution < -0.4 is 40.1 Å². The fraction of sp³-hybridized carbons (Fsp3) is 1.00. The van der Waals surface area contributed by atoms with Gasteiger partial charge < -0.3 is 101 Å². The molecule has 0 aliphatic carbocycles. The molecule has 0 aromatic rings. The van der Waals surface area contributed by atoms with Crippen molar-refractivity contribution in [3.8, 4) is 0 Å². The Hall–Kier alpha value is -0.760. The lowest BCUT2D eigenvalue weighted by Crippen LogP contribution is -2.42. The van der Waals surface area contributed by atoms with Gasteiger partial charge in [-0.3, -0.25) is 0 Å². The highest BCUT2D eigenvalue weighted by molar-refractivity contribution is 4.77. The van der Waals surface area contributed by atoms with Crippen molar-refractivity contribution in [3.63, 3.8) is 0 Å². The smallest absolute Gasteiger partial charge is 0.107 e. The fourth-order valence-corrected chi connectivity index (χ4v) is 5.46. The second kappa shape index (κ2) is 47.3. The van der Waals surface area contributed by atoms with E-state index in [-0.39, 0.29) is 32.3 Å². The molecule has 26 N–H and O–H groups in total. The molecular formula is C45H109N7O12. The van der Waals surface area contributed by atoms with E-state index in [1.165, 1.54) is 0 Å². The first kappa shape index (κ1) is 74.8. The SMILES string of the molecule is CC(C)C[C@@H](O)C(N)CN.CC(C)C[C@@H](O)C(N)CO.CC(C)C[C@@H](O)C(O)C(O)CN.CC(C)C[C@@H](O)C(O)CCN.CC(C)C[C@@H](O)C(O)CN.CC(C)C[C@@H](O)CC(O)CN. The highest BCUT2D eigenvalue weighted by Crippen LogP contribution is 2.12. The molecule has 0 radical (unpaired) electrons. The van der Waals surface area contributed by atoms with Crippen LogP contribution in [0, 0.1) is 35.5 Å². The summed E-state index contributed by atoms with van der Waals surface area (Å²) in [4.78, 5) is 0. The maximum atomic E-state index is 9.32. The molecule has 19 nitrogen and oxygen atoms in total. The molecule has 0 amide bonds. The van der Waals surface area contributed by atoms with Crippen LogP contribution in [0.15, 0.2) is 0 Å². The van der Waals surface area contributed by atoms with E-state index in [1.54, 1.807) is 0 Å². The van der Waals surface area contributed by atoms with Gasteiger partial charge in [-0.2, -0.15) is 0 Å². The molecule has 13 atom stereocenters. The molecule has 0 saturated heterocycles. The largest absolute Gasteiger partial charge is 0.395 e. The van der Waals surface area contributed by atoms with Gasteiger partial charge in [-0.1, -0.05) is 83.1 Å². The molecule has 7 unspecified atom stereocenters. The number of nitrogens with two attached hydrogens (primary N) is 7. The lowest BCUT2D eigenvalue weighted by molar-refractivity contribution is -0.0614. The average molecular weight is 940 g/mol. The molecule has 0 aromatic heterocycles. The summed E-state index contributed by atoms with van der Waals surface area (Å²) in [6, 6.07) is -0.746. The summed E-state index contributed by atoms with van der Waals surface area (Å²) in [6.07, 6.45) is -2.97. The zero-order valence-electron chi connectivity index (χ0n) is 42.3. The van der Waals surface area contributed by atoms with E-state index in [4.69, 9.17) is 65.7 Å². The topological polar surface area (TPSA) is 425 Å². The maximum absolute atomic E-state index is 9.32. The van der Waals surface area contributed by atoms with Crippen molar-refractivity contribution in [2.45, 2.75) is 214 Å². The minimum atomic E-state index is -1.13. The van der Waals surface area contributed by atoms with Gasteiger partial charge in [-0.15, -0.1) is 0 Å². The van der Waals surface area contributed by atoms with Gasteiger partial charge in [0.25, 0.3) is 0 Å². The lowest BCUT2D eigenvalue weighted by Gasteiger charge is -2.22. The van der Waals surface area contributed by atoms with Crippen LogP contribution in [0.25, 0.3) is 0 Å². The molecule has 0 aliphatic rings. The molecule has 0 fully saturated rings. The summed E-state index contributed by atoms with van der Waals surface area (Å²) >= 11 is 0. The molecule has 0 aliphatic heterocycles. The number of aliphatic hydroxyl groups excluding tert-OH is 12. The third kappa shape index (κ3) is 53.9. The molecule has 0 rings (SSSR count). The van der Waals surface area contributed by atoms with Crippen molar-refractivity contribution in [3.05, 3.63) is 0 Å². The Morgan fingerprint density at radius 1 is 0.312 bits per heavy atom. The third-order valence-corrected chi connectivity index (χ3v) is 9.22. The van der Waals surface area contributed by atoms with Crippen molar-refractivity contribution in [1.29, 1.82) is 0 Å². The molecule has 19 heteroatoms. The van der Waals surface area contributed by atoms with Crippen LogP contribution in [0.4, 0.5) is 0 Å². The summed E-state index contributed by atoms with van der Waals surface area (Å²) in [6.45, 7) is 25.0. The van der Waals surface area contributed by atoms with Crippen molar-refractivity contribution < 1.29 is 61.3 Å². The Kier molecular flexibility index (Phi) is 55.3. The van der Waals surface area contributed by atoms with E-state index in [9.17, 15) is 35.7 Å². The Bertz CT molecular complexity index is 883. The van der Waals surface area contributed by atoms with Gasteiger partial charge in [-0.05, 0) is 87.0 Å². The Balaban J connectivity index is -0.000000158. The predicted molar refractivity (Wildman–Crippen MR) is 260 cm³/mol. The molecule has 0 saturated carbocycles. The standard InChI is InChI=1S/C8H19NO3.2C8H19NO2.C7H18N2O.2C7H17NO2/c1-5(2)3-6(10)8(12)7(11)4-9;1-6(2)3-7(10)4-8(11)5-9;1-6(2)5-8(11)7(10)3-4-9;1-5(2)3-7(10)6(9)4-8;1-5(2)3-7(10)6(8)4-9;1-5(2)3-6(9)7(10)4-8/h5-8,10-12H,3-4,9H2,1-2H3;2*6-8,10-11H,3-5,9H2,1-2H3;5-7,10H,3-4,8-9H2,1-2H3;2*5-7,9-10H,3-4,8H2,1-2H3/t6-,7?,8?;7-,8?;7?,8-;2*6?,7-;6-,7?/m111111/s1. The summed E-state index contributed by atoms with van der Waals surface area (Å²) in [5, 5.41) is 110. The number of aliphatic hydroxyl groups is 12. The lowest BCUT2D eigenvalue weighted by atomic mass is 9.99. The van der Waals surface area contributed by atoms with Crippen molar-refractivity contribution in [1.82, 2.24) is 0 Å². The van der Waals surface area contributed by atoms with Crippen molar-refractivity contribution >= 4 is 0 Å². The first-order chi connectivity index (χ1) is 29.3. The second-order valence-electron chi connectivity index (χ2n) is 19.4. The third-order valence-electron chi connectivity index (χ3n) is 9.22. The first-order valence-corrected chi connectivity index (χ1v) is 23.5. The van der Waals surface area contributed by atoms with E-state index in [1.807, 2.05) is 83.1 Å². The number of hydrogen-bond donors (Lipinski definition) is 19. The summed E-state index contributed by atoms with van der Waals surface area (Å²) in [5.74, 6) is 2.48. The first-order valence-electron chi connectivity index (χ1n) is 23.5. The van der Waals surface area contributed by atoms with Gasteiger partial charge >= 0.3 is 0 Å². The van der Waals surface area contributed by atoms with Crippen LogP contribution in [0.1, 0.15) is 134 Å². The van der Waals surface area contributed by atoms with Gasteiger partial charge in [0, 0.05) is 38.6 Å². The van der Waals surface area contributed by atoms with Crippen molar-refractivity contribution in [2.75, 3.05) is 39.3 Å². The van der Waals surface area contributed by atoms with E-state index in [0.29, 0.717) is 87.1 Å². The number of hydrogen-bond acceptors (Lipinski definition) is 19. The van der Waals surface area contributed by atoms with Gasteiger partial charge in [0.15, 0.2) is 0 Å². The quantitative estimate of drug-likeness (QED) is 0.0440. The summed E-state index contributed by atoms with van der Waals surface area (Å²) in [5.41, 5.74) is 36.8. The van der Waals surface area contributed by atoms with Crippen LogP contribution in [0.3, 0.4) is 0 Å². The Labute approximate surface area is 389 Å². The van der Waals surface area contributed by atoms with Gasteiger partial charge in [-0.25, -0.2) is 0 Å². The van der Waals surface area contributed by atoms with Crippen LogP contribution in [-0.2, 0) is 0 Å². The van der Waals surface area contributed by atoms with Crippen LogP contribution in [-0.4, -0.2) is 180 Å². The predicted octanol–water partition coefficient (Wildman–Crippen LogP) is -1.61. The zero-order chi connectivity index (χ0) is 51.9. The Morgan fingerprint density at radius 3 is 0.938 bits per heavy atom. The van der Waals surface area contributed by atoms with E-state index >= 15 is 0 Å². The van der Waals surface area contributed by atoms with E-state index < -0.39 is 73.2 Å². The molecule has 0 aromatic carbocycles. The van der Waals surface area contributed by atoms with Crippen LogP contribution in [0.5, 0.6) is 0 Å². The average Bonchev–Trinajstić information content (AvgIpc) is 3.18. The highest BCUT2D eigenvalue weighted by Gasteiger charge is 2.24. The monoisotopic (exact) mass is 940 g/mol.